The molecule has 0 saturated heterocycles. The molecule has 2 rings (SSSR count). The van der Waals surface area contributed by atoms with Crippen LogP contribution in [0.4, 0.5) is 0 Å². The SMILES string of the molecule is Cc1cnn(CC2(CS)CCCC2)c1. The van der Waals surface area contributed by atoms with Gasteiger partial charge in [0.05, 0.1) is 6.20 Å². The van der Waals surface area contributed by atoms with E-state index in [1.54, 1.807) is 0 Å². The van der Waals surface area contributed by atoms with Crippen molar-refractivity contribution in [2.75, 3.05) is 5.75 Å². The topological polar surface area (TPSA) is 17.8 Å². The zero-order valence-corrected chi connectivity index (χ0v) is 9.63. The van der Waals surface area contributed by atoms with Crippen molar-refractivity contribution in [3.63, 3.8) is 0 Å². The molecule has 0 atom stereocenters. The van der Waals surface area contributed by atoms with Gasteiger partial charge in [-0.15, -0.1) is 0 Å². The molecule has 1 aliphatic rings. The normalized spacial score (nSPS) is 20.1. The molecule has 78 valence electrons. The van der Waals surface area contributed by atoms with E-state index in [2.05, 4.69) is 35.5 Å². The first-order valence-electron chi connectivity index (χ1n) is 5.34. The van der Waals surface area contributed by atoms with E-state index in [4.69, 9.17) is 0 Å². The van der Waals surface area contributed by atoms with Crippen molar-refractivity contribution < 1.29 is 0 Å². The summed E-state index contributed by atoms with van der Waals surface area (Å²) in [4.78, 5) is 0. The van der Waals surface area contributed by atoms with Gasteiger partial charge in [-0.1, -0.05) is 12.8 Å². The maximum Gasteiger partial charge on any atom is 0.0518 e. The quantitative estimate of drug-likeness (QED) is 0.759. The Hall–Kier alpha value is -0.440. The average molecular weight is 210 g/mol. The molecule has 1 saturated carbocycles. The van der Waals surface area contributed by atoms with Crippen LogP contribution < -0.4 is 0 Å². The van der Waals surface area contributed by atoms with Gasteiger partial charge in [0.15, 0.2) is 0 Å². The zero-order chi connectivity index (χ0) is 10.0. The van der Waals surface area contributed by atoms with Crippen LogP contribution in [0.25, 0.3) is 0 Å². The molecule has 2 nitrogen and oxygen atoms in total. The number of nitrogens with zero attached hydrogens (tertiary/aromatic N) is 2. The number of aryl methyl sites for hydroxylation is 1. The molecule has 0 spiro atoms. The first-order chi connectivity index (χ1) is 6.74. The van der Waals surface area contributed by atoms with Crippen molar-refractivity contribution in [2.24, 2.45) is 5.41 Å². The van der Waals surface area contributed by atoms with Gasteiger partial charge in [0.25, 0.3) is 0 Å². The highest BCUT2D eigenvalue weighted by atomic mass is 32.1. The van der Waals surface area contributed by atoms with Crippen LogP contribution in [-0.2, 0) is 6.54 Å². The van der Waals surface area contributed by atoms with Crippen LogP contribution in [-0.4, -0.2) is 15.5 Å². The smallest absolute Gasteiger partial charge is 0.0518 e. The lowest BCUT2D eigenvalue weighted by molar-refractivity contribution is 0.276. The third-order valence-corrected chi connectivity index (χ3v) is 3.93. The first kappa shape index (κ1) is 10.1. The van der Waals surface area contributed by atoms with Crippen molar-refractivity contribution >= 4 is 12.6 Å². The highest BCUT2D eigenvalue weighted by Gasteiger charge is 2.32. The summed E-state index contributed by atoms with van der Waals surface area (Å²) in [5, 5.41) is 4.35. The fourth-order valence-corrected chi connectivity index (χ4v) is 2.80. The Kier molecular flexibility index (Phi) is 2.86. The Bertz CT molecular complexity index is 300. The van der Waals surface area contributed by atoms with Crippen LogP contribution in [0.5, 0.6) is 0 Å². The van der Waals surface area contributed by atoms with Gasteiger partial charge in [-0.3, -0.25) is 4.68 Å². The molecule has 1 heterocycles. The van der Waals surface area contributed by atoms with E-state index in [9.17, 15) is 0 Å². The van der Waals surface area contributed by atoms with Gasteiger partial charge in [0.1, 0.15) is 0 Å². The third-order valence-electron chi connectivity index (χ3n) is 3.26. The van der Waals surface area contributed by atoms with E-state index < -0.39 is 0 Å². The van der Waals surface area contributed by atoms with Crippen LogP contribution in [0, 0.1) is 12.3 Å². The molecule has 0 N–H and O–H groups in total. The van der Waals surface area contributed by atoms with Crippen LogP contribution in [0.2, 0.25) is 0 Å². The summed E-state index contributed by atoms with van der Waals surface area (Å²) < 4.78 is 2.08. The van der Waals surface area contributed by atoms with Crippen LogP contribution in [0.15, 0.2) is 12.4 Å². The van der Waals surface area contributed by atoms with Crippen LogP contribution in [0.3, 0.4) is 0 Å². The largest absolute Gasteiger partial charge is 0.272 e. The second kappa shape index (κ2) is 3.97. The molecular formula is C11H18N2S. The predicted molar refractivity (Wildman–Crippen MR) is 61.7 cm³/mol. The van der Waals surface area contributed by atoms with Crippen molar-refractivity contribution in [3.8, 4) is 0 Å². The minimum atomic E-state index is 0.418. The second-order valence-corrected chi connectivity index (χ2v) is 4.90. The zero-order valence-electron chi connectivity index (χ0n) is 8.74. The summed E-state index contributed by atoms with van der Waals surface area (Å²) in [6.45, 7) is 3.13. The summed E-state index contributed by atoms with van der Waals surface area (Å²) in [5.41, 5.74) is 1.67. The monoisotopic (exact) mass is 210 g/mol. The Labute approximate surface area is 91.1 Å². The van der Waals surface area contributed by atoms with Crippen molar-refractivity contribution in [3.05, 3.63) is 18.0 Å². The highest BCUT2D eigenvalue weighted by Crippen LogP contribution is 2.40. The number of hydrogen-bond donors (Lipinski definition) is 1. The van der Waals surface area contributed by atoms with Crippen molar-refractivity contribution in [1.82, 2.24) is 9.78 Å². The lowest BCUT2D eigenvalue weighted by Gasteiger charge is -2.26. The first-order valence-corrected chi connectivity index (χ1v) is 5.97. The molecule has 0 aromatic carbocycles. The van der Waals surface area contributed by atoms with E-state index in [1.807, 2.05) is 6.20 Å². The summed E-state index contributed by atoms with van der Waals surface area (Å²) in [7, 11) is 0. The Morgan fingerprint density at radius 3 is 2.71 bits per heavy atom. The minimum Gasteiger partial charge on any atom is -0.272 e. The molecule has 1 fully saturated rings. The Balaban J connectivity index is 2.08. The second-order valence-electron chi connectivity index (χ2n) is 4.58. The lowest BCUT2D eigenvalue weighted by Crippen LogP contribution is -2.25. The van der Waals surface area contributed by atoms with Crippen molar-refractivity contribution in [2.45, 2.75) is 39.2 Å². The summed E-state index contributed by atoms with van der Waals surface area (Å²) in [6, 6.07) is 0. The lowest BCUT2D eigenvalue weighted by atomic mass is 9.88. The summed E-state index contributed by atoms with van der Waals surface area (Å²) >= 11 is 4.50. The fraction of sp³-hybridized carbons (Fsp3) is 0.727. The van der Waals surface area contributed by atoms with Gasteiger partial charge in [0.2, 0.25) is 0 Å². The number of hydrogen-bond acceptors (Lipinski definition) is 2. The van der Waals surface area contributed by atoms with Gasteiger partial charge >= 0.3 is 0 Å². The van der Waals surface area contributed by atoms with E-state index in [0.29, 0.717) is 5.41 Å². The number of rotatable bonds is 3. The fourth-order valence-electron chi connectivity index (χ4n) is 2.39. The molecule has 0 unspecified atom stereocenters. The molecule has 0 radical (unpaired) electrons. The van der Waals surface area contributed by atoms with E-state index in [0.717, 1.165) is 12.3 Å². The molecule has 14 heavy (non-hydrogen) atoms. The van der Waals surface area contributed by atoms with E-state index >= 15 is 0 Å². The standard InChI is InChI=1S/C11H18N2S/c1-10-6-12-13(7-10)8-11(9-14)4-2-3-5-11/h6-7,14H,2-5,8-9H2,1H3. The van der Waals surface area contributed by atoms with Gasteiger partial charge in [-0.05, 0) is 36.5 Å². The molecule has 0 bridgehead atoms. The Morgan fingerprint density at radius 2 is 2.21 bits per heavy atom. The summed E-state index contributed by atoms with van der Waals surface area (Å²) in [6.07, 6.45) is 9.41. The maximum absolute atomic E-state index is 4.50. The summed E-state index contributed by atoms with van der Waals surface area (Å²) in [5.74, 6) is 0.992. The van der Waals surface area contributed by atoms with E-state index in [-0.39, 0.29) is 0 Å². The third kappa shape index (κ3) is 1.97. The average Bonchev–Trinajstić information content (AvgIpc) is 2.77. The molecule has 0 amide bonds. The number of aromatic nitrogens is 2. The van der Waals surface area contributed by atoms with Crippen LogP contribution in [0.1, 0.15) is 31.2 Å². The predicted octanol–water partition coefficient (Wildman–Crippen LogP) is 2.68. The van der Waals surface area contributed by atoms with Crippen LogP contribution >= 0.6 is 12.6 Å². The number of thiol groups is 1. The van der Waals surface area contributed by atoms with Gasteiger partial charge in [-0.2, -0.15) is 17.7 Å². The highest BCUT2D eigenvalue weighted by molar-refractivity contribution is 7.80. The van der Waals surface area contributed by atoms with Gasteiger partial charge in [-0.25, -0.2) is 0 Å². The molecule has 3 heteroatoms. The molecule has 1 aromatic rings. The molecule has 1 aliphatic carbocycles. The Morgan fingerprint density at radius 1 is 1.50 bits per heavy atom. The van der Waals surface area contributed by atoms with Crippen molar-refractivity contribution in [1.29, 1.82) is 0 Å². The maximum atomic E-state index is 4.50. The van der Waals surface area contributed by atoms with Gasteiger partial charge in [0, 0.05) is 12.7 Å². The molecule has 1 aromatic heterocycles. The minimum absolute atomic E-state index is 0.418. The van der Waals surface area contributed by atoms with Gasteiger partial charge < -0.3 is 0 Å². The molecular weight excluding hydrogens is 192 g/mol. The van der Waals surface area contributed by atoms with E-state index in [1.165, 1.54) is 31.2 Å². The molecule has 0 aliphatic heterocycles.